The molecule has 0 bridgehead atoms. The van der Waals surface area contributed by atoms with Gasteiger partial charge in [-0.25, -0.2) is 0 Å². The van der Waals surface area contributed by atoms with Gasteiger partial charge in [-0.2, -0.15) is 0 Å². The lowest BCUT2D eigenvalue weighted by atomic mass is 9.95. The highest BCUT2D eigenvalue weighted by Gasteiger charge is 2.26. The molecule has 1 fully saturated rings. The quantitative estimate of drug-likeness (QED) is 0.852. The zero-order valence-corrected chi connectivity index (χ0v) is 13.5. The van der Waals surface area contributed by atoms with Crippen LogP contribution in [0.3, 0.4) is 0 Å². The van der Waals surface area contributed by atoms with Crippen LogP contribution in [0.5, 0.6) is 0 Å². The fraction of sp³-hybridized carbons (Fsp3) is 0.438. The van der Waals surface area contributed by atoms with Gasteiger partial charge in [0, 0.05) is 33.7 Å². The molecule has 2 heterocycles. The fourth-order valence-corrected chi connectivity index (χ4v) is 3.45. The van der Waals surface area contributed by atoms with E-state index in [0.717, 1.165) is 46.0 Å². The highest BCUT2D eigenvalue weighted by atomic mass is 79.9. The molecule has 2 aromatic rings. The summed E-state index contributed by atoms with van der Waals surface area (Å²) >= 11 is 3.50. The Balaban J connectivity index is 2.11. The predicted octanol–water partition coefficient (Wildman–Crippen LogP) is 3.57. The van der Waals surface area contributed by atoms with Crippen molar-refractivity contribution in [2.24, 2.45) is 7.05 Å². The summed E-state index contributed by atoms with van der Waals surface area (Å²) in [6.45, 7) is 2.98. The number of carbonyl (C=O) groups excluding carboxylic acids is 1. The number of nitrogens with one attached hydrogen (secondary N) is 1. The van der Waals surface area contributed by atoms with Crippen LogP contribution < -0.4 is 5.32 Å². The predicted molar refractivity (Wildman–Crippen MR) is 85.3 cm³/mol. The van der Waals surface area contributed by atoms with Gasteiger partial charge < -0.3 is 9.88 Å². The van der Waals surface area contributed by atoms with Crippen LogP contribution in [-0.2, 0) is 7.05 Å². The number of ketones is 1. The number of aromatic nitrogens is 1. The van der Waals surface area contributed by atoms with Gasteiger partial charge in [-0.3, -0.25) is 4.79 Å². The maximum atomic E-state index is 12.8. The third-order valence-electron chi connectivity index (χ3n) is 4.33. The molecule has 1 saturated heterocycles. The van der Waals surface area contributed by atoms with E-state index in [0.29, 0.717) is 0 Å². The third-order valence-corrected chi connectivity index (χ3v) is 4.82. The average molecular weight is 335 g/mol. The van der Waals surface area contributed by atoms with E-state index in [1.807, 2.05) is 26.1 Å². The molecule has 1 N–H and O–H groups in total. The summed E-state index contributed by atoms with van der Waals surface area (Å²) in [5.41, 5.74) is 3.04. The van der Waals surface area contributed by atoms with Crippen molar-refractivity contribution in [3.63, 3.8) is 0 Å². The number of hydrogen-bond acceptors (Lipinski definition) is 2. The second kappa shape index (κ2) is 5.34. The minimum atomic E-state index is -0.0169. The van der Waals surface area contributed by atoms with Crippen molar-refractivity contribution >= 4 is 32.6 Å². The number of fused-ring (bicyclic) bond motifs is 1. The monoisotopic (exact) mass is 334 g/mol. The van der Waals surface area contributed by atoms with E-state index in [9.17, 15) is 4.79 Å². The Morgan fingerprint density at radius 1 is 1.40 bits per heavy atom. The Morgan fingerprint density at radius 3 is 2.90 bits per heavy atom. The number of halogens is 1. The van der Waals surface area contributed by atoms with E-state index in [4.69, 9.17) is 0 Å². The largest absolute Gasteiger partial charge is 0.347 e. The van der Waals surface area contributed by atoms with Gasteiger partial charge >= 0.3 is 0 Å². The van der Waals surface area contributed by atoms with Crippen LogP contribution in [0.4, 0.5) is 0 Å². The maximum absolute atomic E-state index is 12.8. The molecule has 0 aliphatic carbocycles. The summed E-state index contributed by atoms with van der Waals surface area (Å²) in [5, 5.41) is 4.42. The Bertz CT molecular complexity index is 669. The fourth-order valence-electron chi connectivity index (χ4n) is 3.10. The van der Waals surface area contributed by atoms with Crippen LogP contribution >= 0.6 is 15.9 Å². The van der Waals surface area contributed by atoms with E-state index < -0.39 is 0 Å². The lowest BCUT2D eigenvalue weighted by molar-refractivity contribution is 0.0928. The van der Waals surface area contributed by atoms with E-state index in [2.05, 4.69) is 31.9 Å². The standard InChI is InChI=1S/C16H19BrN2O/c1-10-15(16(20)13-5-3-4-8-18-13)12-7-6-11(17)9-14(12)19(10)2/h6-7,9,13,18H,3-5,8H2,1-2H3. The number of Topliss-reactive ketones (excluding diaryl/α,β-unsaturated/α-hetero) is 1. The molecule has 106 valence electrons. The smallest absolute Gasteiger partial charge is 0.182 e. The second-order valence-electron chi connectivity index (χ2n) is 5.55. The Hall–Kier alpha value is -1.13. The van der Waals surface area contributed by atoms with Gasteiger partial charge in [0.1, 0.15) is 0 Å². The molecule has 0 saturated carbocycles. The number of piperidine rings is 1. The molecular weight excluding hydrogens is 316 g/mol. The minimum Gasteiger partial charge on any atom is -0.347 e. The van der Waals surface area contributed by atoms with Crippen molar-refractivity contribution < 1.29 is 4.79 Å². The second-order valence-corrected chi connectivity index (χ2v) is 6.46. The number of rotatable bonds is 2. The summed E-state index contributed by atoms with van der Waals surface area (Å²) in [5.74, 6) is 0.245. The zero-order chi connectivity index (χ0) is 14.3. The van der Waals surface area contributed by atoms with Gasteiger partial charge in [0.25, 0.3) is 0 Å². The van der Waals surface area contributed by atoms with Gasteiger partial charge in [-0.05, 0) is 38.4 Å². The summed E-state index contributed by atoms with van der Waals surface area (Å²) in [7, 11) is 2.02. The molecule has 4 heteroatoms. The van der Waals surface area contributed by atoms with Gasteiger partial charge in [-0.15, -0.1) is 0 Å². The molecule has 1 aromatic heterocycles. The van der Waals surface area contributed by atoms with Crippen LogP contribution in [0, 0.1) is 6.92 Å². The molecule has 0 radical (unpaired) electrons. The van der Waals surface area contributed by atoms with E-state index in [1.54, 1.807) is 0 Å². The van der Waals surface area contributed by atoms with Crippen molar-refractivity contribution in [2.75, 3.05) is 6.54 Å². The van der Waals surface area contributed by atoms with Crippen molar-refractivity contribution in [3.05, 3.63) is 33.9 Å². The van der Waals surface area contributed by atoms with Crippen LogP contribution in [0.15, 0.2) is 22.7 Å². The first kappa shape index (κ1) is 13.8. The molecule has 1 atom stereocenters. The summed E-state index contributed by atoms with van der Waals surface area (Å²) in [4.78, 5) is 12.8. The molecule has 1 aliphatic rings. The summed E-state index contributed by atoms with van der Waals surface area (Å²) in [6.07, 6.45) is 3.26. The van der Waals surface area contributed by atoms with Crippen molar-refractivity contribution in [1.82, 2.24) is 9.88 Å². The molecule has 3 nitrogen and oxygen atoms in total. The normalized spacial score (nSPS) is 19.4. The van der Waals surface area contributed by atoms with Gasteiger partial charge in [0.05, 0.1) is 6.04 Å². The van der Waals surface area contributed by atoms with Gasteiger partial charge in [0.2, 0.25) is 0 Å². The number of aryl methyl sites for hydroxylation is 1. The van der Waals surface area contributed by atoms with E-state index >= 15 is 0 Å². The SMILES string of the molecule is Cc1c(C(=O)C2CCCCN2)c2ccc(Br)cc2n1C. The lowest BCUT2D eigenvalue weighted by Crippen LogP contribution is -2.40. The maximum Gasteiger partial charge on any atom is 0.182 e. The topological polar surface area (TPSA) is 34.0 Å². The van der Waals surface area contributed by atoms with Gasteiger partial charge in [0.15, 0.2) is 5.78 Å². The van der Waals surface area contributed by atoms with E-state index in [1.165, 1.54) is 6.42 Å². The minimum absolute atomic E-state index is 0.0169. The third kappa shape index (κ3) is 2.21. The molecule has 1 aromatic carbocycles. The zero-order valence-electron chi connectivity index (χ0n) is 11.9. The molecule has 0 spiro atoms. The molecular formula is C16H19BrN2O. The first-order chi connectivity index (χ1) is 9.59. The van der Waals surface area contributed by atoms with Crippen molar-refractivity contribution in [2.45, 2.75) is 32.2 Å². The van der Waals surface area contributed by atoms with Crippen molar-refractivity contribution in [3.8, 4) is 0 Å². The molecule has 0 amide bonds. The first-order valence-electron chi connectivity index (χ1n) is 7.11. The van der Waals surface area contributed by atoms with Crippen LogP contribution in [0.2, 0.25) is 0 Å². The molecule has 1 aliphatic heterocycles. The van der Waals surface area contributed by atoms with Gasteiger partial charge in [-0.1, -0.05) is 28.4 Å². The molecule has 3 rings (SSSR count). The van der Waals surface area contributed by atoms with E-state index in [-0.39, 0.29) is 11.8 Å². The number of hydrogen-bond donors (Lipinski definition) is 1. The van der Waals surface area contributed by atoms with Crippen LogP contribution in [0.1, 0.15) is 35.3 Å². The summed E-state index contributed by atoms with van der Waals surface area (Å²) < 4.78 is 3.15. The number of benzene rings is 1. The number of nitrogens with zero attached hydrogens (tertiary/aromatic N) is 1. The lowest BCUT2D eigenvalue weighted by Gasteiger charge is -2.22. The first-order valence-corrected chi connectivity index (χ1v) is 7.91. The van der Waals surface area contributed by atoms with Crippen LogP contribution in [-0.4, -0.2) is 22.9 Å². The average Bonchev–Trinajstić information content (AvgIpc) is 2.71. The van der Waals surface area contributed by atoms with Crippen LogP contribution in [0.25, 0.3) is 10.9 Å². The Labute approximate surface area is 127 Å². The highest BCUT2D eigenvalue weighted by Crippen LogP contribution is 2.29. The Morgan fingerprint density at radius 2 is 2.20 bits per heavy atom. The number of carbonyl (C=O) groups is 1. The molecule has 20 heavy (non-hydrogen) atoms. The van der Waals surface area contributed by atoms with Crippen molar-refractivity contribution in [1.29, 1.82) is 0 Å². The highest BCUT2D eigenvalue weighted by molar-refractivity contribution is 9.10. The molecule has 1 unspecified atom stereocenters. The summed E-state index contributed by atoms with van der Waals surface area (Å²) in [6, 6.07) is 6.11. The Kier molecular flexibility index (Phi) is 3.69.